The van der Waals surface area contributed by atoms with E-state index in [4.69, 9.17) is 9.52 Å². The van der Waals surface area contributed by atoms with Gasteiger partial charge in [0, 0.05) is 12.2 Å². The number of carboxylic acid groups (broad SMARTS) is 1. The third-order valence-electron chi connectivity index (χ3n) is 4.26. The van der Waals surface area contributed by atoms with E-state index < -0.39 is 12.0 Å². The number of nitrogens with one attached hydrogen (secondary N) is 2. The Hall–Kier alpha value is -3.86. The van der Waals surface area contributed by atoms with Crippen molar-refractivity contribution in [3.63, 3.8) is 0 Å². The van der Waals surface area contributed by atoms with Gasteiger partial charge in [0.2, 0.25) is 5.91 Å². The van der Waals surface area contributed by atoms with E-state index >= 15 is 0 Å². The molecule has 0 bridgehead atoms. The highest BCUT2D eigenvalue weighted by molar-refractivity contribution is 7.99. The standard InChI is InChI=1S/C21H21N5O5S/c1-3-9-26-18(13(2)22-19(28)16-8-5-10-31-16)24-25-21(26)32-12-17(27)23-15-7-4-6-14(11-15)20(29)30/h3-8,10-11,13H,1,9,12H2,2H3,(H,22,28)(H,23,27)(H,29,30). The van der Waals surface area contributed by atoms with E-state index in [1.165, 1.54) is 18.4 Å². The van der Waals surface area contributed by atoms with Gasteiger partial charge in [-0.3, -0.25) is 9.59 Å². The maximum absolute atomic E-state index is 12.3. The van der Waals surface area contributed by atoms with Crippen LogP contribution in [0.5, 0.6) is 0 Å². The minimum atomic E-state index is -1.08. The average molecular weight is 455 g/mol. The molecule has 2 amide bonds. The molecule has 1 unspecified atom stereocenters. The molecule has 3 rings (SSSR count). The molecule has 0 spiro atoms. The summed E-state index contributed by atoms with van der Waals surface area (Å²) in [5, 5.41) is 23.3. The predicted molar refractivity (Wildman–Crippen MR) is 118 cm³/mol. The van der Waals surface area contributed by atoms with Gasteiger partial charge in [-0.25, -0.2) is 4.79 Å². The number of hydrogen-bond acceptors (Lipinski definition) is 7. The molecule has 2 aromatic heterocycles. The number of carbonyl (C=O) groups excluding carboxylic acids is 2. The van der Waals surface area contributed by atoms with Crippen LogP contribution < -0.4 is 10.6 Å². The molecule has 166 valence electrons. The molecule has 3 N–H and O–H groups in total. The Morgan fingerprint density at radius 2 is 2.09 bits per heavy atom. The maximum Gasteiger partial charge on any atom is 0.335 e. The summed E-state index contributed by atoms with van der Waals surface area (Å²) in [4.78, 5) is 35.6. The number of carbonyl (C=O) groups is 3. The fraction of sp³-hybridized carbons (Fsp3) is 0.190. The number of thioether (sulfide) groups is 1. The van der Waals surface area contributed by atoms with Crippen LogP contribution in [0.4, 0.5) is 5.69 Å². The van der Waals surface area contributed by atoms with Crippen molar-refractivity contribution in [2.45, 2.75) is 24.7 Å². The molecule has 0 saturated heterocycles. The molecule has 0 fully saturated rings. The van der Waals surface area contributed by atoms with Gasteiger partial charge >= 0.3 is 5.97 Å². The summed E-state index contributed by atoms with van der Waals surface area (Å²) < 4.78 is 6.85. The summed E-state index contributed by atoms with van der Waals surface area (Å²) in [6.45, 7) is 5.88. The molecule has 10 nitrogen and oxygen atoms in total. The predicted octanol–water partition coefficient (Wildman–Crippen LogP) is 2.98. The quantitative estimate of drug-likeness (QED) is 0.313. The van der Waals surface area contributed by atoms with E-state index in [2.05, 4.69) is 27.4 Å². The van der Waals surface area contributed by atoms with E-state index in [0.29, 0.717) is 23.2 Å². The minimum absolute atomic E-state index is 0.0275. The third kappa shape index (κ3) is 5.64. The van der Waals surface area contributed by atoms with Crippen LogP contribution in [0.1, 0.15) is 39.7 Å². The number of carboxylic acids is 1. The number of amides is 2. The molecule has 2 heterocycles. The molecule has 0 aliphatic heterocycles. The molecular weight excluding hydrogens is 434 g/mol. The zero-order valence-electron chi connectivity index (χ0n) is 17.1. The summed E-state index contributed by atoms with van der Waals surface area (Å²) in [5.41, 5.74) is 0.467. The first kappa shape index (κ1) is 22.8. The van der Waals surface area contributed by atoms with Gasteiger partial charge in [-0.15, -0.1) is 16.8 Å². The van der Waals surface area contributed by atoms with E-state index in [9.17, 15) is 14.4 Å². The number of hydrogen-bond donors (Lipinski definition) is 3. The minimum Gasteiger partial charge on any atom is -0.478 e. The molecule has 0 aliphatic rings. The smallest absolute Gasteiger partial charge is 0.335 e. The summed E-state index contributed by atoms with van der Waals surface area (Å²) in [6, 6.07) is 8.70. The van der Waals surface area contributed by atoms with Crippen LogP contribution in [0.2, 0.25) is 0 Å². The fourth-order valence-electron chi connectivity index (χ4n) is 2.83. The van der Waals surface area contributed by atoms with Crippen molar-refractivity contribution in [1.29, 1.82) is 0 Å². The highest BCUT2D eigenvalue weighted by Gasteiger charge is 2.21. The SMILES string of the molecule is C=CCn1c(SCC(=O)Nc2cccc(C(=O)O)c2)nnc1C(C)NC(=O)c1ccco1. The molecule has 1 aromatic carbocycles. The van der Waals surface area contributed by atoms with Crippen molar-refractivity contribution in [1.82, 2.24) is 20.1 Å². The monoisotopic (exact) mass is 455 g/mol. The van der Waals surface area contributed by atoms with Crippen LogP contribution >= 0.6 is 11.8 Å². The van der Waals surface area contributed by atoms with Crippen LogP contribution in [0.3, 0.4) is 0 Å². The highest BCUT2D eigenvalue weighted by Crippen LogP contribution is 2.22. The maximum atomic E-state index is 12.3. The number of anilines is 1. The number of furan rings is 1. The zero-order chi connectivity index (χ0) is 23.1. The van der Waals surface area contributed by atoms with Gasteiger partial charge in [0.05, 0.1) is 23.6 Å². The first-order valence-corrected chi connectivity index (χ1v) is 10.5. The molecular formula is C21H21N5O5S. The molecule has 0 aliphatic carbocycles. The first-order chi connectivity index (χ1) is 15.4. The van der Waals surface area contributed by atoms with E-state index in [1.54, 1.807) is 41.8 Å². The van der Waals surface area contributed by atoms with Gasteiger partial charge in [0.1, 0.15) is 0 Å². The molecule has 0 saturated carbocycles. The Bertz CT molecular complexity index is 1130. The second-order valence-electron chi connectivity index (χ2n) is 6.64. The van der Waals surface area contributed by atoms with Crippen molar-refractivity contribution >= 4 is 35.2 Å². The number of aromatic nitrogens is 3. The molecule has 1 atom stereocenters. The Kier molecular flexibility index (Phi) is 7.45. The lowest BCUT2D eigenvalue weighted by Gasteiger charge is -2.14. The van der Waals surface area contributed by atoms with Crippen molar-refractivity contribution in [3.05, 3.63) is 72.5 Å². The molecule has 11 heteroatoms. The topological polar surface area (TPSA) is 139 Å². The van der Waals surface area contributed by atoms with E-state index in [-0.39, 0.29) is 28.9 Å². The summed E-state index contributed by atoms with van der Waals surface area (Å²) in [6.07, 6.45) is 3.08. The van der Waals surface area contributed by atoms with Gasteiger partial charge in [-0.05, 0) is 37.3 Å². The second kappa shape index (κ2) is 10.4. The van der Waals surface area contributed by atoms with Crippen LogP contribution in [0.25, 0.3) is 0 Å². The summed E-state index contributed by atoms with van der Waals surface area (Å²) in [7, 11) is 0. The van der Waals surface area contributed by atoms with Gasteiger partial charge < -0.3 is 24.7 Å². The average Bonchev–Trinajstić information content (AvgIpc) is 3.43. The van der Waals surface area contributed by atoms with Crippen molar-refractivity contribution in [3.8, 4) is 0 Å². The van der Waals surface area contributed by atoms with E-state index in [0.717, 1.165) is 11.8 Å². The van der Waals surface area contributed by atoms with Crippen molar-refractivity contribution < 1.29 is 23.9 Å². The Labute approximate surface area is 187 Å². The Morgan fingerprint density at radius 3 is 2.78 bits per heavy atom. The molecule has 3 aromatic rings. The van der Waals surface area contributed by atoms with Gasteiger partial charge in [0.25, 0.3) is 5.91 Å². The normalized spacial score (nSPS) is 11.5. The zero-order valence-corrected chi connectivity index (χ0v) is 18.0. The van der Waals surface area contributed by atoms with Gasteiger partial charge in [-0.2, -0.15) is 0 Å². The van der Waals surface area contributed by atoms with Crippen LogP contribution in [-0.2, 0) is 11.3 Å². The lowest BCUT2D eigenvalue weighted by atomic mass is 10.2. The number of nitrogens with zero attached hydrogens (tertiary/aromatic N) is 3. The highest BCUT2D eigenvalue weighted by atomic mass is 32.2. The van der Waals surface area contributed by atoms with E-state index in [1.807, 2.05) is 0 Å². The number of rotatable bonds is 10. The number of benzene rings is 1. The Balaban J connectivity index is 1.65. The largest absolute Gasteiger partial charge is 0.478 e. The Morgan fingerprint density at radius 1 is 1.28 bits per heavy atom. The second-order valence-corrected chi connectivity index (χ2v) is 7.58. The first-order valence-electron chi connectivity index (χ1n) is 9.53. The van der Waals surface area contributed by atoms with Crippen LogP contribution in [-0.4, -0.2) is 43.4 Å². The number of aromatic carboxylic acids is 1. The summed E-state index contributed by atoms with van der Waals surface area (Å²) in [5.74, 6) is -1.07. The van der Waals surface area contributed by atoms with Gasteiger partial charge in [0.15, 0.2) is 16.7 Å². The summed E-state index contributed by atoms with van der Waals surface area (Å²) >= 11 is 1.16. The van der Waals surface area contributed by atoms with Crippen molar-refractivity contribution in [2.24, 2.45) is 0 Å². The van der Waals surface area contributed by atoms with Crippen molar-refractivity contribution in [2.75, 3.05) is 11.1 Å². The molecule has 0 radical (unpaired) electrons. The van der Waals surface area contributed by atoms with Gasteiger partial charge in [-0.1, -0.05) is 23.9 Å². The number of allylic oxidation sites excluding steroid dienone is 1. The van der Waals surface area contributed by atoms with Crippen LogP contribution in [0.15, 0.2) is 64.9 Å². The lowest BCUT2D eigenvalue weighted by Crippen LogP contribution is -2.28. The third-order valence-corrected chi connectivity index (χ3v) is 5.23. The fourth-order valence-corrected chi connectivity index (χ4v) is 3.58. The molecule has 32 heavy (non-hydrogen) atoms. The lowest BCUT2D eigenvalue weighted by molar-refractivity contribution is -0.113. The van der Waals surface area contributed by atoms with Crippen LogP contribution in [0, 0.1) is 0 Å².